The van der Waals surface area contributed by atoms with Crippen molar-refractivity contribution >= 4 is 39.7 Å². The fourth-order valence-corrected chi connectivity index (χ4v) is 2.47. The second-order valence-corrected chi connectivity index (χ2v) is 5.42. The molecule has 0 spiro atoms. The number of carboxylic acids is 1. The maximum atomic E-state index is 11.3. The van der Waals surface area contributed by atoms with Gasteiger partial charge in [0.2, 0.25) is 5.91 Å². The normalized spacial score (nSPS) is 10.8. The number of carboxylic acid groups (broad SMARTS) is 1. The van der Waals surface area contributed by atoms with Crippen LogP contribution in [0.2, 0.25) is 0 Å². The molecule has 0 fully saturated rings. The van der Waals surface area contributed by atoms with E-state index < -0.39 is 5.97 Å². The minimum Gasteiger partial charge on any atom is -0.478 e. The van der Waals surface area contributed by atoms with E-state index >= 15 is 0 Å². The fourth-order valence-electron chi connectivity index (χ4n) is 2.47. The lowest BCUT2D eigenvalue weighted by atomic mass is 10.0. The Kier molecular flexibility index (Phi) is 4.85. The van der Waals surface area contributed by atoms with Crippen molar-refractivity contribution in [2.75, 3.05) is 5.32 Å². The van der Waals surface area contributed by atoms with E-state index in [4.69, 9.17) is 0 Å². The summed E-state index contributed by atoms with van der Waals surface area (Å²) < 4.78 is 0. The molecule has 0 aliphatic heterocycles. The van der Waals surface area contributed by atoms with Gasteiger partial charge in [0.05, 0.1) is 16.9 Å². The number of hydrogen-bond donors (Lipinski definition) is 2. The monoisotopic (exact) mass is 345 g/mol. The number of carbonyl (C=O) groups excluding carboxylic acids is 1. The van der Waals surface area contributed by atoms with Crippen LogP contribution in [-0.4, -0.2) is 17.0 Å². The summed E-state index contributed by atoms with van der Waals surface area (Å²) in [7, 11) is 0. The number of aromatic carboxylic acids is 1. The summed E-state index contributed by atoms with van der Waals surface area (Å²) in [5.74, 6) is -1.27. The van der Waals surface area contributed by atoms with Crippen LogP contribution in [0.5, 0.6) is 0 Å². The molecule has 0 saturated heterocycles. The zero-order chi connectivity index (χ0) is 18.5. The Hall–Kier alpha value is -3.80. The Morgan fingerprint density at radius 3 is 2.27 bits per heavy atom. The van der Waals surface area contributed by atoms with Crippen LogP contribution in [0.15, 0.2) is 83.5 Å². The average Bonchev–Trinajstić information content (AvgIpc) is 2.66. The van der Waals surface area contributed by atoms with E-state index in [0.717, 1.165) is 0 Å². The molecule has 3 aromatic carbocycles. The zero-order valence-electron chi connectivity index (χ0n) is 13.7. The van der Waals surface area contributed by atoms with Crippen LogP contribution in [0.1, 0.15) is 10.4 Å². The first-order chi connectivity index (χ1) is 12.6. The van der Waals surface area contributed by atoms with Crippen molar-refractivity contribution in [3.05, 3.63) is 78.9 Å². The SMILES string of the molecule is C=CC(=O)Nc1ccc(N=Nc2ccc(C(=O)O)c3ccccc23)cc1. The molecule has 0 aromatic heterocycles. The van der Waals surface area contributed by atoms with Crippen LogP contribution in [-0.2, 0) is 4.79 Å². The molecule has 0 heterocycles. The van der Waals surface area contributed by atoms with Gasteiger partial charge in [-0.25, -0.2) is 4.79 Å². The Bertz CT molecular complexity index is 1020. The van der Waals surface area contributed by atoms with E-state index in [9.17, 15) is 14.7 Å². The van der Waals surface area contributed by atoms with Crippen LogP contribution in [0, 0.1) is 0 Å². The van der Waals surface area contributed by atoms with E-state index in [1.165, 1.54) is 12.1 Å². The fraction of sp³-hybridized carbons (Fsp3) is 0. The Morgan fingerprint density at radius 1 is 0.923 bits per heavy atom. The largest absolute Gasteiger partial charge is 0.478 e. The molecule has 0 radical (unpaired) electrons. The number of amides is 1. The van der Waals surface area contributed by atoms with Gasteiger partial charge in [-0.15, -0.1) is 5.11 Å². The van der Waals surface area contributed by atoms with Crippen molar-refractivity contribution in [3.8, 4) is 0 Å². The first kappa shape index (κ1) is 17.0. The summed E-state index contributed by atoms with van der Waals surface area (Å²) >= 11 is 0. The quantitative estimate of drug-likeness (QED) is 0.499. The van der Waals surface area contributed by atoms with Crippen molar-refractivity contribution in [1.82, 2.24) is 0 Å². The number of benzene rings is 3. The molecule has 2 N–H and O–H groups in total. The van der Waals surface area contributed by atoms with Gasteiger partial charge in [0.15, 0.2) is 0 Å². The lowest BCUT2D eigenvalue weighted by Crippen LogP contribution is -2.06. The number of azo groups is 1. The summed E-state index contributed by atoms with van der Waals surface area (Å²) in [6.45, 7) is 3.40. The third kappa shape index (κ3) is 3.64. The smallest absolute Gasteiger partial charge is 0.336 e. The van der Waals surface area contributed by atoms with Crippen LogP contribution >= 0.6 is 0 Å². The summed E-state index contributed by atoms with van der Waals surface area (Å²) in [6.07, 6.45) is 1.19. The molecular formula is C20H15N3O3. The first-order valence-corrected chi connectivity index (χ1v) is 7.79. The van der Waals surface area contributed by atoms with E-state index in [0.29, 0.717) is 27.8 Å². The minimum absolute atomic E-state index is 0.224. The van der Waals surface area contributed by atoms with Crippen molar-refractivity contribution in [2.45, 2.75) is 0 Å². The average molecular weight is 345 g/mol. The number of rotatable bonds is 5. The molecule has 0 atom stereocenters. The highest BCUT2D eigenvalue weighted by Gasteiger charge is 2.10. The number of nitrogens with one attached hydrogen (secondary N) is 1. The first-order valence-electron chi connectivity index (χ1n) is 7.79. The number of hydrogen-bond acceptors (Lipinski definition) is 4. The Morgan fingerprint density at radius 2 is 1.62 bits per heavy atom. The highest BCUT2D eigenvalue weighted by molar-refractivity contribution is 6.07. The van der Waals surface area contributed by atoms with E-state index in [-0.39, 0.29) is 11.5 Å². The van der Waals surface area contributed by atoms with Gasteiger partial charge < -0.3 is 10.4 Å². The molecule has 0 aliphatic carbocycles. The highest BCUT2D eigenvalue weighted by Crippen LogP contribution is 2.30. The molecule has 0 aliphatic rings. The molecule has 0 saturated carbocycles. The van der Waals surface area contributed by atoms with E-state index in [1.807, 2.05) is 12.1 Å². The Balaban J connectivity index is 1.89. The lowest BCUT2D eigenvalue weighted by Gasteiger charge is -2.05. The van der Waals surface area contributed by atoms with Crippen LogP contribution in [0.4, 0.5) is 17.1 Å². The minimum atomic E-state index is -0.984. The number of anilines is 1. The van der Waals surface area contributed by atoms with Gasteiger partial charge in [-0.05, 0) is 47.9 Å². The van der Waals surface area contributed by atoms with Crippen LogP contribution < -0.4 is 5.32 Å². The van der Waals surface area contributed by atoms with Gasteiger partial charge in [-0.2, -0.15) is 5.11 Å². The van der Waals surface area contributed by atoms with Crippen LogP contribution in [0.3, 0.4) is 0 Å². The third-order valence-corrected chi connectivity index (χ3v) is 3.72. The second-order valence-electron chi connectivity index (χ2n) is 5.42. The number of fused-ring (bicyclic) bond motifs is 1. The van der Waals surface area contributed by atoms with Gasteiger partial charge in [-0.1, -0.05) is 30.8 Å². The number of carbonyl (C=O) groups is 2. The molecule has 3 aromatic rings. The molecule has 26 heavy (non-hydrogen) atoms. The van der Waals surface area contributed by atoms with E-state index in [2.05, 4.69) is 22.1 Å². The molecule has 6 nitrogen and oxygen atoms in total. The zero-order valence-corrected chi connectivity index (χ0v) is 13.7. The van der Waals surface area contributed by atoms with Crippen molar-refractivity contribution in [3.63, 3.8) is 0 Å². The predicted octanol–water partition coefficient (Wildman–Crippen LogP) is 5.08. The topological polar surface area (TPSA) is 91.1 Å². The van der Waals surface area contributed by atoms with Gasteiger partial charge in [0.1, 0.15) is 0 Å². The van der Waals surface area contributed by atoms with Gasteiger partial charge in [0.25, 0.3) is 0 Å². The van der Waals surface area contributed by atoms with Crippen molar-refractivity contribution in [1.29, 1.82) is 0 Å². The van der Waals surface area contributed by atoms with Crippen molar-refractivity contribution in [2.24, 2.45) is 10.2 Å². The van der Waals surface area contributed by atoms with Gasteiger partial charge in [-0.3, -0.25) is 4.79 Å². The molecule has 1 amide bonds. The summed E-state index contributed by atoms with van der Waals surface area (Å²) in [5.41, 5.74) is 2.04. The number of nitrogens with zero attached hydrogens (tertiary/aromatic N) is 2. The maximum absolute atomic E-state index is 11.3. The second kappa shape index (κ2) is 7.40. The standard InChI is InChI=1S/C20H15N3O3/c1-2-19(24)21-13-7-9-14(10-8-13)22-23-18-12-11-17(20(25)26)15-5-3-4-6-16(15)18/h2-12H,1H2,(H,21,24)(H,25,26). The summed E-state index contributed by atoms with van der Waals surface area (Å²) in [5, 5.41) is 21.7. The summed E-state index contributed by atoms with van der Waals surface area (Å²) in [6, 6.07) is 17.2. The molecule has 0 bridgehead atoms. The Labute approximate surface area is 149 Å². The molecule has 6 heteroatoms. The maximum Gasteiger partial charge on any atom is 0.336 e. The lowest BCUT2D eigenvalue weighted by molar-refractivity contribution is -0.111. The van der Waals surface area contributed by atoms with Gasteiger partial charge >= 0.3 is 5.97 Å². The summed E-state index contributed by atoms with van der Waals surface area (Å²) in [4.78, 5) is 22.6. The van der Waals surface area contributed by atoms with Crippen molar-refractivity contribution < 1.29 is 14.7 Å². The molecule has 128 valence electrons. The molecule has 3 rings (SSSR count). The van der Waals surface area contributed by atoms with Gasteiger partial charge in [0, 0.05) is 11.1 Å². The highest BCUT2D eigenvalue weighted by atomic mass is 16.4. The third-order valence-electron chi connectivity index (χ3n) is 3.72. The molecule has 0 unspecified atom stereocenters. The van der Waals surface area contributed by atoms with E-state index in [1.54, 1.807) is 42.5 Å². The van der Waals surface area contributed by atoms with Crippen LogP contribution in [0.25, 0.3) is 10.8 Å². The molecular weight excluding hydrogens is 330 g/mol. The predicted molar refractivity (Wildman–Crippen MR) is 100 cm³/mol.